The standard InChI is InChI=1S/C23H29FN4O4S/c24-19-2-8-22(9-3-19)33(30,31)28-11-1-10-26(12-13-28)18-23(29)25-20-4-6-21(7-5-20)27-14-16-32-17-15-27/h2-9H,1,10-18H2,(H,25,29). The number of morpholine rings is 1. The van der Waals surface area contributed by atoms with Crippen LogP contribution in [0.4, 0.5) is 15.8 Å². The minimum absolute atomic E-state index is 0.0793. The Morgan fingerprint density at radius 1 is 0.909 bits per heavy atom. The second-order valence-corrected chi connectivity index (χ2v) is 10.1. The predicted molar refractivity (Wildman–Crippen MR) is 124 cm³/mol. The predicted octanol–water partition coefficient (Wildman–Crippen LogP) is 2.00. The van der Waals surface area contributed by atoms with Crippen LogP contribution in [0.2, 0.25) is 0 Å². The first kappa shape index (κ1) is 23.6. The van der Waals surface area contributed by atoms with Crippen LogP contribution in [0.15, 0.2) is 53.4 Å². The molecule has 0 saturated carbocycles. The summed E-state index contributed by atoms with van der Waals surface area (Å²) in [6.07, 6.45) is 0.613. The lowest BCUT2D eigenvalue weighted by Gasteiger charge is -2.29. The summed E-state index contributed by atoms with van der Waals surface area (Å²) in [6, 6.07) is 12.6. The molecule has 2 aromatic carbocycles. The number of ether oxygens (including phenoxy) is 1. The van der Waals surface area contributed by atoms with Crippen molar-refractivity contribution in [1.29, 1.82) is 0 Å². The molecular weight excluding hydrogens is 447 g/mol. The van der Waals surface area contributed by atoms with E-state index < -0.39 is 15.8 Å². The van der Waals surface area contributed by atoms with E-state index in [-0.39, 0.29) is 23.9 Å². The van der Waals surface area contributed by atoms with Crippen LogP contribution in [0.25, 0.3) is 0 Å². The monoisotopic (exact) mass is 476 g/mol. The molecule has 2 aliphatic rings. The van der Waals surface area contributed by atoms with Gasteiger partial charge in [-0.05, 0) is 61.5 Å². The fourth-order valence-corrected chi connectivity index (χ4v) is 5.55. The molecule has 8 nitrogen and oxygen atoms in total. The lowest BCUT2D eigenvalue weighted by atomic mass is 10.2. The van der Waals surface area contributed by atoms with Gasteiger partial charge in [-0.15, -0.1) is 0 Å². The Kier molecular flexibility index (Phi) is 7.59. The molecule has 178 valence electrons. The number of hydrogen-bond acceptors (Lipinski definition) is 6. The fraction of sp³-hybridized carbons (Fsp3) is 0.435. The second-order valence-electron chi connectivity index (χ2n) is 8.18. The summed E-state index contributed by atoms with van der Waals surface area (Å²) < 4.78 is 45.7. The molecule has 2 fully saturated rings. The van der Waals surface area contributed by atoms with Crippen LogP contribution in [-0.4, -0.2) is 82.6 Å². The van der Waals surface area contributed by atoms with Gasteiger partial charge in [-0.25, -0.2) is 12.8 Å². The molecule has 1 amide bonds. The van der Waals surface area contributed by atoms with Gasteiger partial charge >= 0.3 is 0 Å². The Bertz CT molecular complexity index is 1040. The lowest BCUT2D eigenvalue weighted by molar-refractivity contribution is -0.117. The molecule has 0 aromatic heterocycles. The number of sulfonamides is 1. The summed E-state index contributed by atoms with van der Waals surface area (Å²) in [7, 11) is -3.69. The zero-order valence-corrected chi connectivity index (χ0v) is 19.3. The molecule has 2 heterocycles. The van der Waals surface area contributed by atoms with Gasteiger partial charge in [-0.2, -0.15) is 4.31 Å². The number of halogens is 1. The number of hydrogen-bond donors (Lipinski definition) is 1. The van der Waals surface area contributed by atoms with Crippen LogP contribution in [0.3, 0.4) is 0 Å². The van der Waals surface area contributed by atoms with E-state index in [0.29, 0.717) is 26.1 Å². The van der Waals surface area contributed by atoms with E-state index in [1.807, 2.05) is 29.2 Å². The van der Waals surface area contributed by atoms with Gasteiger partial charge in [0.05, 0.1) is 24.7 Å². The summed E-state index contributed by atoms with van der Waals surface area (Å²) in [5, 5.41) is 2.92. The van der Waals surface area contributed by atoms with Crippen molar-refractivity contribution >= 4 is 27.3 Å². The number of carbonyl (C=O) groups excluding carboxylic acids is 1. The van der Waals surface area contributed by atoms with E-state index in [1.54, 1.807) is 0 Å². The number of rotatable bonds is 6. The molecule has 0 spiro atoms. The summed E-state index contributed by atoms with van der Waals surface area (Å²) in [5.41, 5.74) is 1.83. The maximum Gasteiger partial charge on any atom is 0.243 e. The van der Waals surface area contributed by atoms with Crippen molar-refractivity contribution in [2.24, 2.45) is 0 Å². The van der Waals surface area contributed by atoms with Crippen molar-refractivity contribution < 1.29 is 22.3 Å². The molecule has 2 saturated heterocycles. The van der Waals surface area contributed by atoms with E-state index >= 15 is 0 Å². The largest absolute Gasteiger partial charge is 0.378 e. The van der Waals surface area contributed by atoms with Crippen molar-refractivity contribution in [2.75, 3.05) is 69.2 Å². The van der Waals surface area contributed by atoms with Crippen LogP contribution in [0.1, 0.15) is 6.42 Å². The number of benzene rings is 2. The highest BCUT2D eigenvalue weighted by molar-refractivity contribution is 7.89. The second kappa shape index (κ2) is 10.6. The van der Waals surface area contributed by atoms with Crippen molar-refractivity contribution in [3.8, 4) is 0 Å². The Balaban J connectivity index is 1.29. The molecule has 1 N–H and O–H groups in total. The first-order valence-corrected chi connectivity index (χ1v) is 12.6. The van der Waals surface area contributed by atoms with E-state index in [9.17, 15) is 17.6 Å². The van der Waals surface area contributed by atoms with E-state index in [0.717, 1.165) is 49.8 Å². The minimum Gasteiger partial charge on any atom is -0.378 e. The van der Waals surface area contributed by atoms with Crippen LogP contribution >= 0.6 is 0 Å². The summed E-state index contributed by atoms with van der Waals surface area (Å²) in [6.45, 7) is 5.05. The summed E-state index contributed by atoms with van der Waals surface area (Å²) in [4.78, 5) is 16.8. The van der Waals surface area contributed by atoms with Crippen LogP contribution in [0.5, 0.6) is 0 Å². The molecule has 0 aliphatic carbocycles. The molecule has 0 atom stereocenters. The zero-order valence-electron chi connectivity index (χ0n) is 18.5. The van der Waals surface area contributed by atoms with Gasteiger partial charge in [0.25, 0.3) is 0 Å². The number of amides is 1. The highest BCUT2D eigenvalue weighted by Gasteiger charge is 2.27. The SMILES string of the molecule is O=C(CN1CCCN(S(=O)(=O)c2ccc(F)cc2)CC1)Nc1ccc(N2CCOCC2)cc1. The van der Waals surface area contributed by atoms with Gasteiger partial charge in [-0.3, -0.25) is 9.69 Å². The van der Waals surface area contributed by atoms with E-state index in [2.05, 4.69) is 10.2 Å². The number of anilines is 2. The molecule has 10 heteroatoms. The molecule has 0 radical (unpaired) electrons. The average molecular weight is 477 g/mol. The summed E-state index contributed by atoms with van der Waals surface area (Å²) in [5.74, 6) is -0.610. The van der Waals surface area contributed by atoms with Crippen molar-refractivity contribution in [1.82, 2.24) is 9.21 Å². The Labute approximate surface area is 194 Å². The smallest absolute Gasteiger partial charge is 0.243 e. The normalized spacial score (nSPS) is 18.6. The van der Waals surface area contributed by atoms with Crippen molar-refractivity contribution in [3.63, 3.8) is 0 Å². The van der Waals surface area contributed by atoms with E-state index in [1.165, 1.54) is 16.4 Å². The van der Waals surface area contributed by atoms with Gasteiger partial charge in [0.1, 0.15) is 5.82 Å². The molecule has 0 unspecified atom stereocenters. The maximum absolute atomic E-state index is 13.2. The number of nitrogens with zero attached hydrogens (tertiary/aromatic N) is 3. The molecule has 0 bridgehead atoms. The maximum atomic E-state index is 13.2. The van der Waals surface area contributed by atoms with Crippen LogP contribution < -0.4 is 10.2 Å². The van der Waals surface area contributed by atoms with Gasteiger partial charge in [0.2, 0.25) is 15.9 Å². The zero-order chi connectivity index (χ0) is 23.3. The van der Waals surface area contributed by atoms with Crippen molar-refractivity contribution in [3.05, 3.63) is 54.3 Å². The van der Waals surface area contributed by atoms with Crippen LogP contribution in [0, 0.1) is 5.82 Å². The quantitative estimate of drug-likeness (QED) is 0.687. The van der Waals surface area contributed by atoms with Gasteiger partial charge in [0, 0.05) is 44.1 Å². The van der Waals surface area contributed by atoms with E-state index in [4.69, 9.17) is 4.74 Å². The first-order chi connectivity index (χ1) is 15.9. The van der Waals surface area contributed by atoms with Gasteiger partial charge < -0.3 is 15.0 Å². The molecule has 33 heavy (non-hydrogen) atoms. The summed E-state index contributed by atoms with van der Waals surface area (Å²) >= 11 is 0. The van der Waals surface area contributed by atoms with Gasteiger partial charge in [-0.1, -0.05) is 0 Å². The molecule has 2 aliphatic heterocycles. The fourth-order valence-electron chi connectivity index (χ4n) is 4.08. The Hall–Kier alpha value is -2.53. The Morgan fingerprint density at radius 3 is 2.30 bits per heavy atom. The Morgan fingerprint density at radius 2 is 1.61 bits per heavy atom. The minimum atomic E-state index is -3.69. The molecular formula is C23H29FN4O4S. The number of carbonyl (C=O) groups is 1. The third kappa shape index (κ3) is 6.08. The highest BCUT2D eigenvalue weighted by Crippen LogP contribution is 2.20. The molecule has 4 rings (SSSR count). The third-order valence-electron chi connectivity index (χ3n) is 5.89. The average Bonchev–Trinajstić information content (AvgIpc) is 3.06. The van der Waals surface area contributed by atoms with Gasteiger partial charge in [0.15, 0.2) is 0 Å². The molecule has 2 aromatic rings. The van der Waals surface area contributed by atoms with Crippen molar-refractivity contribution in [2.45, 2.75) is 11.3 Å². The first-order valence-electron chi connectivity index (χ1n) is 11.1. The topological polar surface area (TPSA) is 82.2 Å². The van der Waals surface area contributed by atoms with Crippen LogP contribution in [-0.2, 0) is 19.6 Å². The number of nitrogens with one attached hydrogen (secondary N) is 1. The third-order valence-corrected chi connectivity index (χ3v) is 7.81. The lowest BCUT2D eigenvalue weighted by Crippen LogP contribution is -2.38. The highest BCUT2D eigenvalue weighted by atomic mass is 32.2.